The van der Waals surface area contributed by atoms with Crippen LogP contribution in [0.3, 0.4) is 0 Å². The lowest BCUT2D eigenvalue weighted by Crippen LogP contribution is -2.12. The normalized spacial score (nSPS) is 11.1. The van der Waals surface area contributed by atoms with Crippen molar-refractivity contribution in [3.05, 3.63) is 170 Å². The summed E-state index contributed by atoms with van der Waals surface area (Å²) in [6.45, 7) is 0. The molecule has 4 nitrogen and oxygen atoms in total. The molecule has 2 aromatic heterocycles. The van der Waals surface area contributed by atoms with Crippen molar-refractivity contribution >= 4 is 38.7 Å². The largest absolute Gasteiger partial charge is 0.507 e. The highest BCUT2D eigenvalue weighted by atomic mass is 32.1. The van der Waals surface area contributed by atoms with Crippen LogP contribution in [0.15, 0.2) is 170 Å². The van der Waals surface area contributed by atoms with E-state index in [-0.39, 0.29) is 5.75 Å². The average molecular weight is 624 g/mol. The van der Waals surface area contributed by atoms with Gasteiger partial charge in [0.25, 0.3) is 0 Å². The molecule has 0 aliphatic heterocycles. The van der Waals surface area contributed by atoms with Crippen molar-refractivity contribution in [2.45, 2.75) is 0 Å². The van der Waals surface area contributed by atoms with E-state index in [1.54, 1.807) is 17.4 Å². The molecule has 0 unspecified atom stereocenters. The van der Waals surface area contributed by atoms with E-state index in [2.05, 4.69) is 120 Å². The number of aromatic nitrogens is 2. The zero-order valence-electron chi connectivity index (χ0n) is 25.4. The number of aromatic hydroxyl groups is 1. The van der Waals surface area contributed by atoms with Gasteiger partial charge in [-0.2, -0.15) is 0 Å². The Kier molecular flexibility index (Phi) is 7.50. The predicted molar refractivity (Wildman–Crippen MR) is 196 cm³/mol. The Bertz CT molecular complexity index is 2320. The molecule has 6 aromatic carbocycles. The molecule has 8 aromatic rings. The highest BCUT2D eigenvalue weighted by Gasteiger charge is 2.20. The van der Waals surface area contributed by atoms with Gasteiger partial charge in [-0.15, -0.1) is 11.3 Å². The molecule has 0 atom stereocenters. The summed E-state index contributed by atoms with van der Waals surface area (Å²) in [4.78, 5) is 12.3. The molecule has 1 N–H and O–H groups in total. The number of hydrogen-bond donors (Lipinski definition) is 1. The lowest BCUT2D eigenvalue weighted by molar-refractivity contribution is 0.477. The van der Waals surface area contributed by atoms with Gasteiger partial charge in [-0.05, 0) is 65.2 Å². The molecular formula is C42H29N3OS. The number of anilines is 3. The summed E-state index contributed by atoms with van der Waals surface area (Å²) in [6, 6.07) is 55.7. The third kappa shape index (κ3) is 5.54. The Morgan fingerprint density at radius 3 is 1.94 bits per heavy atom. The molecule has 0 radical (unpaired) electrons. The lowest BCUT2D eigenvalue weighted by atomic mass is 10.0. The van der Waals surface area contributed by atoms with E-state index in [4.69, 9.17) is 9.97 Å². The number of nitrogens with zero attached hydrogens (tertiary/aromatic N) is 3. The second kappa shape index (κ2) is 12.4. The Balaban J connectivity index is 1.27. The van der Waals surface area contributed by atoms with Crippen LogP contribution < -0.4 is 4.90 Å². The second-order valence-corrected chi connectivity index (χ2v) is 12.3. The van der Waals surface area contributed by atoms with Gasteiger partial charge >= 0.3 is 0 Å². The molecule has 0 amide bonds. The van der Waals surface area contributed by atoms with Crippen LogP contribution in [0.2, 0.25) is 0 Å². The number of para-hydroxylation sites is 3. The van der Waals surface area contributed by atoms with Gasteiger partial charge in [0.05, 0.1) is 21.5 Å². The summed E-state index contributed by atoms with van der Waals surface area (Å²) in [5, 5.41) is 11.3. The molecule has 5 heteroatoms. The first-order valence-corrected chi connectivity index (χ1v) is 16.3. The molecule has 0 aliphatic carbocycles. The molecule has 224 valence electrons. The number of thiazole rings is 1. The standard InChI is InChI=1S/C42H29N3OS/c46-38-23-10-8-20-36(38)42-44-41-35(21-12-24-39(41)47-42)31-17-11-18-33(27-31)45(37-22-9-7-19-34(37)30-15-5-2-6-16-30)40-26-25-32(28-43-40)29-13-3-1-4-14-29/h1-28,46H. The van der Waals surface area contributed by atoms with Crippen molar-refractivity contribution in [2.24, 2.45) is 0 Å². The van der Waals surface area contributed by atoms with Gasteiger partial charge in [-0.25, -0.2) is 9.97 Å². The minimum atomic E-state index is 0.230. The van der Waals surface area contributed by atoms with Crippen LogP contribution >= 0.6 is 11.3 Å². The Morgan fingerprint density at radius 1 is 0.511 bits per heavy atom. The van der Waals surface area contributed by atoms with E-state index in [0.717, 1.165) is 71.4 Å². The molecule has 2 heterocycles. The van der Waals surface area contributed by atoms with Crippen LogP contribution in [0.4, 0.5) is 17.2 Å². The third-order valence-corrected chi connectivity index (χ3v) is 9.34. The molecular weight excluding hydrogens is 595 g/mol. The van der Waals surface area contributed by atoms with Gasteiger partial charge in [0.15, 0.2) is 0 Å². The Morgan fingerprint density at radius 2 is 1.17 bits per heavy atom. The molecule has 0 saturated heterocycles. The fourth-order valence-electron chi connectivity index (χ4n) is 6.01. The van der Waals surface area contributed by atoms with Crippen LogP contribution in [0.25, 0.3) is 54.2 Å². The van der Waals surface area contributed by atoms with Gasteiger partial charge in [-0.1, -0.05) is 115 Å². The molecule has 0 aliphatic rings. The molecule has 0 spiro atoms. The number of rotatable bonds is 7. The minimum Gasteiger partial charge on any atom is -0.507 e. The highest BCUT2D eigenvalue weighted by molar-refractivity contribution is 7.21. The van der Waals surface area contributed by atoms with Crippen LogP contribution in [-0.2, 0) is 0 Å². The molecule has 0 bridgehead atoms. The first kappa shape index (κ1) is 28.4. The van der Waals surface area contributed by atoms with Gasteiger partial charge in [0, 0.05) is 28.6 Å². The maximum atomic E-state index is 10.5. The van der Waals surface area contributed by atoms with E-state index >= 15 is 0 Å². The number of phenols is 1. The van der Waals surface area contributed by atoms with Gasteiger partial charge in [0.2, 0.25) is 0 Å². The van der Waals surface area contributed by atoms with Crippen LogP contribution in [0.1, 0.15) is 0 Å². The van der Waals surface area contributed by atoms with E-state index < -0.39 is 0 Å². The van der Waals surface area contributed by atoms with E-state index in [1.807, 2.05) is 48.7 Å². The average Bonchev–Trinajstić information content (AvgIpc) is 3.58. The first-order valence-electron chi connectivity index (χ1n) is 15.5. The minimum absolute atomic E-state index is 0.230. The molecule has 0 saturated carbocycles. The maximum Gasteiger partial charge on any atom is 0.137 e. The lowest BCUT2D eigenvalue weighted by Gasteiger charge is -2.27. The summed E-state index contributed by atoms with van der Waals surface area (Å²) in [5.74, 6) is 1.05. The second-order valence-electron chi connectivity index (χ2n) is 11.2. The van der Waals surface area contributed by atoms with Crippen molar-refractivity contribution < 1.29 is 5.11 Å². The summed E-state index contributed by atoms with van der Waals surface area (Å²) in [6.07, 6.45) is 1.95. The molecule has 0 fully saturated rings. The smallest absolute Gasteiger partial charge is 0.137 e. The monoisotopic (exact) mass is 623 g/mol. The zero-order valence-corrected chi connectivity index (χ0v) is 26.2. The topological polar surface area (TPSA) is 49.3 Å². The first-order chi connectivity index (χ1) is 23.2. The quantitative estimate of drug-likeness (QED) is 0.192. The van der Waals surface area contributed by atoms with Gasteiger partial charge < -0.3 is 5.11 Å². The van der Waals surface area contributed by atoms with Crippen molar-refractivity contribution in [1.29, 1.82) is 0 Å². The maximum absolute atomic E-state index is 10.5. The Labute approximate surface area is 277 Å². The number of phenolic OH excluding ortho intramolecular Hbond substituents is 1. The predicted octanol–water partition coefficient (Wildman–Crippen LogP) is 11.5. The van der Waals surface area contributed by atoms with Crippen molar-refractivity contribution in [1.82, 2.24) is 9.97 Å². The van der Waals surface area contributed by atoms with Crippen molar-refractivity contribution in [2.75, 3.05) is 4.90 Å². The van der Waals surface area contributed by atoms with Crippen LogP contribution in [0.5, 0.6) is 5.75 Å². The molecule has 47 heavy (non-hydrogen) atoms. The van der Waals surface area contributed by atoms with Gasteiger partial charge in [0.1, 0.15) is 16.6 Å². The van der Waals surface area contributed by atoms with E-state index in [0.29, 0.717) is 0 Å². The summed E-state index contributed by atoms with van der Waals surface area (Å²) < 4.78 is 1.07. The van der Waals surface area contributed by atoms with Crippen molar-refractivity contribution in [3.8, 4) is 49.7 Å². The molecule has 8 rings (SSSR count). The van der Waals surface area contributed by atoms with Crippen LogP contribution in [-0.4, -0.2) is 15.1 Å². The summed E-state index contributed by atoms with van der Waals surface area (Å²) in [5.41, 5.74) is 10.2. The summed E-state index contributed by atoms with van der Waals surface area (Å²) >= 11 is 1.59. The number of benzene rings is 6. The fraction of sp³-hybridized carbons (Fsp3) is 0. The highest BCUT2D eigenvalue weighted by Crippen LogP contribution is 2.43. The Hall–Kier alpha value is -6.04. The fourth-order valence-corrected chi connectivity index (χ4v) is 7.04. The number of hydrogen-bond acceptors (Lipinski definition) is 5. The zero-order chi connectivity index (χ0) is 31.6. The number of pyridine rings is 1. The SMILES string of the molecule is Oc1ccccc1-c1nc2c(-c3cccc(N(c4ccc(-c5ccccc5)cn4)c4ccccc4-c4ccccc4)c3)cccc2s1. The third-order valence-electron chi connectivity index (χ3n) is 8.28. The van der Waals surface area contributed by atoms with E-state index in [1.165, 1.54) is 0 Å². The summed E-state index contributed by atoms with van der Waals surface area (Å²) in [7, 11) is 0. The van der Waals surface area contributed by atoms with E-state index in [9.17, 15) is 5.11 Å². The van der Waals surface area contributed by atoms with Gasteiger partial charge in [-0.3, -0.25) is 4.90 Å². The number of fused-ring (bicyclic) bond motifs is 1. The van der Waals surface area contributed by atoms with Crippen LogP contribution in [0, 0.1) is 0 Å². The van der Waals surface area contributed by atoms with Crippen molar-refractivity contribution in [3.63, 3.8) is 0 Å².